The predicted octanol–water partition coefficient (Wildman–Crippen LogP) is 1.45. The highest BCUT2D eigenvalue weighted by atomic mass is 19.1. The molecule has 0 aliphatic carbocycles. The lowest BCUT2D eigenvalue weighted by atomic mass is 10.00. The van der Waals surface area contributed by atoms with Gasteiger partial charge in [-0.2, -0.15) is 0 Å². The number of hydrazine groups is 1. The number of benzene rings is 1. The zero-order chi connectivity index (χ0) is 15.2. The Kier molecular flexibility index (Phi) is 6.05. The van der Waals surface area contributed by atoms with E-state index in [0.29, 0.717) is 18.6 Å². The van der Waals surface area contributed by atoms with Crippen molar-refractivity contribution in [3.8, 4) is 0 Å². The number of rotatable bonds is 6. The van der Waals surface area contributed by atoms with Crippen LogP contribution in [0.3, 0.4) is 0 Å². The SMILES string of the molecule is CCCN1CCOC(C(Cc2cc(F)cc(F)c2)NN)C1. The van der Waals surface area contributed by atoms with E-state index in [2.05, 4.69) is 17.2 Å². The average molecular weight is 299 g/mol. The monoisotopic (exact) mass is 299 g/mol. The number of nitrogens with zero attached hydrogens (tertiary/aromatic N) is 1. The summed E-state index contributed by atoms with van der Waals surface area (Å²) in [5, 5.41) is 0. The summed E-state index contributed by atoms with van der Waals surface area (Å²) in [7, 11) is 0. The Hall–Kier alpha value is -1.08. The average Bonchev–Trinajstić information content (AvgIpc) is 2.44. The van der Waals surface area contributed by atoms with Crippen molar-refractivity contribution >= 4 is 0 Å². The quantitative estimate of drug-likeness (QED) is 0.617. The molecule has 1 fully saturated rings. The smallest absolute Gasteiger partial charge is 0.126 e. The summed E-state index contributed by atoms with van der Waals surface area (Å²) in [5.74, 6) is 4.47. The number of halogens is 2. The second kappa shape index (κ2) is 7.79. The maximum atomic E-state index is 13.3. The third-order valence-electron chi connectivity index (χ3n) is 3.76. The van der Waals surface area contributed by atoms with Crippen LogP contribution in [0.25, 0.3) is 0 Å². The minimum absolute atomic E-state index is 0.0818. The molecular weight excluding hydrogens is 276 g/mol. The summed E-state index contributed by atoms with van der Waals surface area (Å²) in [6, 6.07) is 3.36. The van der Waals surface area contributed by atoms with Crippen LogP contribution in [0.1, 0.15) is 18.9 Å². The first-order valence-corrected chi connectivity index (χ1v) is 7.37. The minimum Gasteiger partial charge on any atom is -0.374 e. The highest BCUT2D eigenvalue weighted by Gasteiger charge is 2.27. The highest BCUT2D eigenvalue weighted by molar-refractivity contribution is 5.19. The molecular formula is C15H23F2N3O. The van der Waals surface area contributed by atoms with E-state index >= 15 is 0 Å². The summed E-state index contributed by atoms with van der Waals surface area (Å²) < 4.78 is 32.3. The lowest BCUT2D eigenvalue weighted by molar-refractivity contribution is -0.0462. The molecule has 1 aromatic rings. The summed E-state index contributed by atoms with van der Waals surface area (Å²) in [6.45, 7) is 5.50. The van der Waals surface area contributed by atoms with Crippen LogP contribution in [-0.4, -0.2) is 43.3 Å². The van der Waals surface area contributed by atoms with E-state index < -0.39 is 11.6 Å². The molecule has 1 heterocycles. The van der Waals surface area contributed by atoms with Gasteiger partial charge in [0.05, 0.1) is 18.8 Å². The minimum atomic E-state index is -0.571. The Morgan fingerprint density at radius 1 is 1.38 bits per heavy atom. The number of nitrogens with two attached hydrogens (primary N) is 1. The summed E-state index contributed by atoms with van der Waals surface area (Å²) in [5.41, 5.74) is 3.30. The van der Waals surface area contributed by atoms with Crippen LogP contribution in [0, 0.1) is 11.6 Å². The number of hydrogen-bond acceptors (Lipinski definition) is 4. The molecule has 2 rings (SSSR count). The first-order valence-electron chi connectivity index (χ1n) is 7.37. The van der Waals surface area contributed by atoms with Gasteiger partial charge in [-0.3, -0.25) is 16.2 Å². The molecule has 1 saturated heterocycles. The summed E-state index contributed by atoms with van der Waals surface area (Å²) in [6.07, 6.45) is 1.43. The van der Waals surface area contributed by atoms with Gasteiger partial charge in [0.1, 0.15) is 11.6 Å². The van der Waals surface area contributed by atoms with Gasteiger partial charge in [-0.25, -0.2) is 8.78 Å². The van der Waals surface area contributed by atoms with E-state index in [1.165, 1.54) is 12.1 Å². The Bertz CT molecular complexity index is 436. The number of ether oxygens (including phenoxy) is 1. The van der Waals surface area contributed by atoms with Crippen molar-refractivity contribution in [3.05, 3.63) is 35.4 Å². The van der Waals surface area contributed by atoms with Crippen molar-refractivity contribution in [1.82, 2.24) is 10.3 Å². The zero-order valence-corrected chi connectivity index (χ0v) is 12.3. The number of hydrogen-bond donors (Lipinski definition) is 2. The molecule has 0 radical (unpaired) electrons. The largest absolute Gasteiger partial charge is 0.374 e. The van der Waals surface area contributed by atoms with Crippen LogP contribution >= 0.6 is 0 Å². The van der Waals surface area contributed by atoms with Crippen molar-refractivity contribution in [2.45, 2.75) is 31.9 Å². The van der Waals surface area contributed by atoms with E-state index in [1.807, 2.05) is 0 Å². The molecule has 0 spiro atoms. The van der Waals surface area contributed by atoms with Crippen molar-refractivity contribution in [2.24, 2.45) is 5.84 Å². The lowest BCUT2D eigenvalue weighted by Crippen LogP contribution is -2.54. The predicted molar refractivity (Wildman–Crippen MR) is 77.6 cm³/mol. The molecule has 3 N–H and O–H groups in total. The van der Waals surface area contributed by atoms with Gasteiger partial charge in [0.2, 0.25) is 0 Å². The zero-order valence-electron chi connectivity index (χ0n) is 12.3. The molecule has 0 amide bonds. The van der Waals surface area contributed by atoms with Gasteiger partial charge in [0, 0.05) is 19.2 Å². The van der Waals surface area contributed by atoms with Crippen LogP contribution < -0.4 is 11.3 Å². The fourth-order valence-electron chi connectivity index (χ4n) is 2.77. The van der Waals surface area contributed by atoms with Crippen LogP contribution in [-0.2, 0) is 11.2 Å². The molecule has 0 saturated carbocycles. The highest BCUT2D eigenvalue weighted by Crippen LogP contribution is 2.15. The van der Waals surface area contributed by atoms with Gasteiger partial charge >= 0.3 is 0 Å². The van der Waals surface area contributed by atoms with Gasteiger partial charge < -0.3 is 4.74 Å². The van der Waals surface area contributed by atoms with Crippen LogP contribution in [0.15, 0.2) is 18.2 Å². The summed E-state index contributed by atoms with van der Waals surface area (Å²) >= 11 is 0. The third-order valence-corrected chi connectivity index (χ3v) is 3.76. The summed E-state index contributed by atoms with van der Waals surface area (Å²) in [4.78, 5) is 2.32. The Morgan fingerprint density at radius 2 is 2.10 bits per heavy atom. The van der Waals surface area contributed by atoms with Crippen LogP contribution in [0.5, 0.6) is 0 Å². The van der Waals surface area contributed by atoms with Crippen molar-refractivity contribution in [1.29, 1.82) is 0 Å². The van der Waals surface area contributed by atoms with E-state index in [-0.39, 0.29) is 12.1 Å². The van der Waals surface area contributed by atoms with Crippen molar-refractivity contribution in [3.63, 3.8) is 0 Å². The molecule has 1 aromatic carbocycles. The lowest BCUT2D eigenvalue weighted by Gasteiger charge is -2.36. The normalized spacial score (nSPS) is 21.4. The molecule has 1 aliphatic rings. The molecule has 21 heavy (non-hydrogen) atoms. The Morgan fingerprint density at radius 3 is 2.71 bits per heavy atom. The second-order valence-electron chi connectivity index (χ2n) is 5.46. The van der Waals surface area contributed by atoms with Gasteiger partial charge in [0.15, 0.2) is 0 Å². The van der Waals surface area contributed by atoms with E-state index in [9.17, 15) is 8.78 Å². The van der Waals surface area contributed by atoms with Crippen LogP contribution in [0.2, 0.25) is 0 Å². The van der Waals surface area contributed by atoms with E-state index in [1.54, 1.807) is 0 Å². The topological polar surface area (TPSA) is 50.5 Å². The molecule has 4 nitrogen and oxygen atoms in total. The first-order chi connectivity index (χ1) is 10.1. The van der Waals surface area contributed by atoms with Gasteiger partial charge in [0.25, 0.3) is 0 Å². The number of nitrogens with one attached hydrogen (secondary N) is 1. The molecule has 2 atom stereocenters. The van der Waals surface area contributed by atoms with Crippen molar-refractivity contribution < 1.29 is 13.5 Å². The molecule has 0 bridgehead atoms. The molecule has 6 heteroatoms. The number of morpholine rings is 1. The fraction of sp³-hybridized carbons (Fsp3) is 0.600. The molecule has 2 unspecified atom stereocenters. The van der Waals surface area contributed by atoms with Crippen LogP contribution in [0.4, 0.5) is 8.78 Å². The molecule has 0 aromatic heterocycles. The maximum Gasteiger partial charge on any atom is 0.126 e. The Balaban J connectivity index is 2.01. The third kappa shape index (κ3) is 4.71. The van der Waals surface area contributed by atoms with Gasteiger partial charge in [-0.15, -0.1) is 0 Å². The molecule has 118 valence electrons. The van der Waals surface area contributed by atoms with E-state index in [4.69, 9.17) is 10.6 Å². The van der Waals surface area contributed by atoms with E-state index in [0.717, 1.165) is 32.1 Å². The Labute approximate surface area is 124 Å². The first kappa shape index (κ1) is 16.3. The standard InChI is InChI=1S/C15H23F2N3O/c1-2-3-20-4-5-21-15(10-20)14(19-18)8-11-6-12(16)9-13(17)7-11/h6-7,9,14-15,19H,2-5,8,10,18H2,1H3. The molecule has 1 aliphatic heterocycles. The second-order valence-corrected chi connectivity index (χ2v) is 5.46. The van der Waals surface area contributed by atoms with Crippen molar-refractivity contribution in [2.75, 3.05) is 26.2 Å². The van der Waals surface area contributed by atoms with Gasteiger partial charge in [-0.1, -0.05) is 6.92 Å². The maximum absolute atomic E-state index is 13.3. The van der Waals surface area contributed by atoms with Gasteiger partial charge in [-0.05, 0) is 37.1 Å². The fourth-order valence-corrected chi connectivity index (χ4v) is 2.77.